The highest BCUT2D eigenvalue weighted by Gasteiger charge is 2.22. The molecule has 2 heterocycles. The molecule has 0 radical (unpaired) electrons. The van der Waals surface area contributed by atoms with Crippen molar-refractivity contribution in [3.05, 3.63) is 11.8 Å². The Balaban J connectivity index is 0.000000211. The molecule has 1 unspecified atom stereocenters. The van der Waals surface area contributed by atoms with Crippen molar-refractivity contribution in [1.82, 2.24) is 0 Å². The van der Waals surface area contributed by atoms with Crippen LogP contribution in [0, 0.1) is 0 Å². The SMILES string of the molecule is C[N+](C)(C)C/C=C1/COCO1.C[N+](C)(C)CC1COCO1. The van der Waals surface area contributed by atoms with Gasteiger partial charge >= 0.3 is 0 Å². The van der Waals surface area contributed by atoms with Gasteiger partial charge in [-0.15, -0.1) is 0 Å². The van der Waals surface area contributed by atoms with Crippen LogP contribution < -0.4 is 0 Å². The molecule has 6 heteroatoms. The van der Waals surface area contributed by atoms with Crippen molar-refractivity contribution in [2.75, 3.05) is 82.2 Å². The molecule has 1 atom stereocenters. The molecule has 21 heavy (non-hydrogen) atoms. The molecule has 0 amide bonds. The van der Waals surface area contributed by atoms with Crippen molar-refractivity contribution < 1.29 is 27.9 Å². The summed E-state index contributed by atoms with van der Waals surface area (Å²) in [4.78, 5) is 0. The van der Waals surface area contributed by atoms with E-state index in [1.807, 2.05) is 0 Å². The molecule has 6 nitrogen and oxygen atoms in total. The Morgan fingerprint density at radius 2 is 1.71 bits per heavy atom. The lowest BCUT2D eigenvalue weighted by atomic mass is 10.3. The van der Waals surface area contributed by atoms with Crippen molar-refractivity contribution >= 4 is 0 Å². The van der Waals surface area contributed by atoms with Crippen LogP contribution in [0.4, 0.5) is 0 Å². The van der Waals surface area contributed by atoms with Gasteiger partial charge < -0.3 is 27.9 Å². The molecule has 0 aromatic carbocycles. The van der Waals surface area contributed by atoms with Gasteiger partial charge in [0.25, 0.3) is 0 Å². The predicted molar refractivity (Wildman–Crippen MR) is 81.5 cm³/mol. The topological polar surface area (TPSA) is 36.9 Å². The zero-order valence-electron chi connectivity index (χ0n) is 14.4. The minimum Gasteiger partial charge on any atom is -0.470 e. The van der Waals surface area contributed by atoms with Crippen LogP contribution >= 0.6 is 0 Å². The second kappa shape index (κ2) is 8.10. The number of nitrogens with zero attached hydrogens (tertiary/aromatic N) is 2. The Morgan fingerprint density at radius 3 is 2.14 bits per heavy atom. The second-order valence-electron chi connectivity index (χ2n) is 7.50. The van der Waals surface area contributed by atoms with E-state index in [0.29, 0.717) is 26.3 Å². The van der Waals surface area contributed by atoms with Gasteiger partial charge in [0.1, 0.15) is 38.4 Å². The Morgan fingerprint density at radius 1 is 1.00 bits per heavy atom. The fourth-order valence-electron chi connectivity index (χ4n) is 1.88. The lowest BCUT2D eigenvalue weighted by molar-refractivity contribution is -0.873. The highest BCUT2D eigenvalue weighted by Crippen LogP contribution is 2.07. The van der Waals surface area contributed by atoms with Crippen molar-refractivity contribution in [2.45, 2.75) is 6.10 Å². The van der Waals surface area contributed by atoms with Gasteiger partial charge in [-0.2, -0.15) is 0 Å². The van der Waals surface area contributed by atoms with Gasteiger partial charge in [-0.25, -0.2) is 0 Å². The van der Waals surface area contributed by atoms with E-state index in [4.69, 9.17) is 18.9 Å². The van der Waals surface area contributed by atoms with E-state index in [1.165, 1.54) is 0 Å². The molecular formula is C15H32N2O4+2. The first kappa shape index (κ1) is 18.4. The van der Waals surface area contributed by atoms with Gasteiger partial charge in [0.05, 0.1) is 48.9 Å². The van der Waals surface area contributed by atoms with Gasteiger partial charge in [-0.1, -0.05) is 0 Å². The number of hydrogen-bond acceptors (Lipinski definition) is 4. The predicted octanol–water partition coefficient (Wildman–Crippen LogP) is 0.646. The van der Waals surface area contributed by atoms with Gasteiger partial charge in [-0.3, -0.25) is 0 Å². The monoisotopic (exact) mass is 304 g/mol. The molecule has 2 aliphatic rings. The molecule has 2 rings (SSSR count). The highest BCUT2D eigenvalue weighted by atomic mass is 16.7. The van der Waals surface area contributed by atoms with Gasteiger partial charge in [0.15, 0.2) is 6.79 Å². The highest BCUT2D eigenvalue weighted by molar-refractivity contribution is 4.95. The molecule has 0 N–H and O–H groups in total. The van der Waals surface area contributed by atoms with Crippen LogP contribution in [0.25, 0.3) is 0 Å². The zero-order valence-corrected chi connectivity index (χ0v) is 14.4. The van der Waals surface area contributed by atoms with Crippen molar-refractivity contribution in [3.8, 4) is 0 Å². The van der Waals surface area contributed by atoms with Gasteiger partial charge in [0.2, 0.25) is 0 Å². The Kier molecular flexibility index (Phi) is 7.09. The van der Waals surface area contributed by atoms with Crippen LogP contribution in [0.3, 0.4) is 0 Å². The molecule has 2 aliphatic heterocycles. The quantitative estimate of drug-likeness (QED) is 0.715. The van der Waals surface area contributed by atoms with Crippen LogP contribution in [-0.2, 0) is 18.9 Å². The maximum Gasteiger partial charge on any atom is 0.189 e. The summed E-state index contributed by atoms with van der Waals surface area (Å²) in [6, 6.07) is 0. The fraction of sp³-hybridized carbons (Fsp3) is 0.867. The third kappa shape index (κ3) is 9.82. The summed E-state index contributed by atoms with van der Waals surface area (Å²) in [6.07, 6.45) is 2.40. The van der Waals surface area contributed by atoms with Gasteiger partial charge in [-0.05, 0) is 0 Å². The summed E-state index contributed by atoms with van der Waals surface area (Å²) in [5.41, 5.74) is 0. The second-order valence-corrected chi connectivity index (χ2v) is 7.50. The normalized spacial score (nSPS) is 24.7. The summed E-state index contributed by atoms with van der Waals surface area (Å²) < 4.78 is 22.4. The van der Waals surface area contributed by atoms with E-state index in [2.05, 4.69) is 48.4 Å². The van der Waals surface area contributed by atoms with E-state index in [-0.39, 0.29) is 0 Å². The summed E-state index contributed by atoms with van der Waals surface area (Å²) >= 11 is 0. The van der Waals surface area contributed by atoms with Crippen molar-refractivity contribution in [1.29, 1.82) is 0 Å². The molecule has 124 valence electrons. The zero-order chi connectivity index (χ0) is 15.9. The third-order valence-corrected chi connectivity index (χ3v) is 2.88. The number of quaternary nitrogens is 2. The molecular weight excluding hydrogens is 272 g/mol. The van der Waals surface area contributed by atoms with E-state index in [0.717, 1.165) is 34.4 Å². The number of hydrogen-bond donors (Lipinski definition) is 0. The van der Waals surface area contributed by atoms with E-state index in [1.54, 1.807) is 0 Å². The molecule has 0 bridgehead atoms. The molecule has 0 saturated carbocycles. The smallest absolute Gasteiger partial charge is 0.189 e. The first-order chi connectivity index (χ1) is 9.66. The molecule has 0 aromatic heterocycles. The third-order valence-electron chi connectivity index (χ3n) is 2.88. The number of ether oxygens (including phenoxy) is 4. The first-order valence-corrected chi connectivity index (χ1v) is 7.35. The van der Waals surface area contributed by atoms with Crippen LogP contribution in [-0.4, -0.2) is 97.2 Å². The Bertz CT molecular complexity index is 318. The average Bonchev–Trinajstić information content (AvgIpc) is 2.96. The fourth-order valence-corrected chi connectivity index (χ4v) is 1.88. The molecule has 2 fully saturated rings. The van der Waals surface area contributed by atoms with E-state index in [9.17, 15) is 0 Å². The van der Waals surface area contributed by atoms with Crippen LogP contribution in [0.1, 0.15) is 0 Å². The standard InChI is InChI=1S/C8H16NO2.C7H16NO2/c1-9(2,3)5-4-8-6-10-7-11-8;1-8(2,3)4-7-5-9-6-10-7/h4H,5-7H2,1-3H3;7H,4-6H2,1-3H3/q2*+1/b8-4-;. The maximum absolute atomic E-state index is 5.29. The molecule has 0 aliphatic carbocycles. The van der Waals surface area contributed by atoms with Gasteiger partial charge in [0, 0.05) is 6.08 Å². The van der Waals surface area contributed by atoms with Crippen molar-refractivity contribution in [2.24, 2.45) is 0 Å². The first-order valence-electron chi connectivity index (χ1n) is 7.35. The number of likely N-dealkylation sites (N-methyl/N-ethyl adjacent to an activating group) is 2. The lowest BCUT2D eigenvalue weighted by Crippen LogP contribution is -2.42. The van der Waals surface area contributed by atoms with Crippen molar-refractivity contribution in [3.63, 3.8) is 0 Å². The van der Waals surface area contributed by atoms with Crippen LogP contribution in [0.2, 0.25) is 0 Å². The molecule has 2 saturated heterocycles. The van der Waals surface area contributed by atoms with Crippen LogP contribution in [0.5, 0.6) is 0 Å². The van der Waals surface area contributed by atoms with Crippen LogP contribution in [0.15, 0.2) is 11.8 Å². The number of rotatable bonds is 4. The molecule has 0 spiro atoms. The summed E-state index contributed by atoms with van der Waals surface area (Å²) in [5.74, 6) is 0.970. The lowest BCUT2D eigenvalue weighted by Gasteiger charge is -2.25. The summed E-state index contributed by atoms with van der Waals surface area (Å²) in [6.45, 7) is 4.31. The Labute approximate surface area is 129 Å². The van der Waals surface area contributed by atoms with E-state index >= 15 is 0 Å². The Hall–Kier alpha value is -0.660. The average molecular weight is 304 g/mol. The van der Waals surface area contributed by atoms with E-state index < -0.39 is 0 Å². The molecule has 0 aromatic rings. The minimum atomic E-state index is 0.306. The minimum absolute atomic E-state index is 0.306. The summed E-state index contributed by atoms with van der Waals surface area (Å²) in [5, 5.41) is 0. The largest absolute Gasteiger partial charge is 0.470 e. The summed E-state index contributed by atoms with van der Waals surface area (Å²) in [7, 11) is 12.9. The maximum atomic E-state index is 5.29.